The normalized spacial score (nSPS) is 11.0. The van der Waals surface area contributed by atoms with Gasteiger partial charge in [-0.3, -0.25) is 0 Å². The largest absolute Gasteiger partial charge is 0.491 e. The van der Waals surface area contributed by atoms with Gasteiger partial charge < -0.3 is 19.9 Å². The molecule has 0 heterocycles. The van der Waals surface area contributed by atoms with Crippen molar-refractivity contribution in [1.82, 2.24) is 0 Å². The van der Waals surface area contributed by atoms with Crippen molar-refractivity contribution in [2.24, 2.45) is 0 Å². The second kappa shape index (κ2) is 8.02. The van der Waals surface area contributed by atoms with E-state index in [9.17, 15) is 0 Å². The number of benzene rings is 1. The van der Waals surface area contributed by atoms with Gasteiger partial charge in [0.25, 0.3) is 0 Å². The van der Waals surface area contributed by atoms with E-state index in [0.717, 1.165) is 22.6 Å². The molecule has 19 heavy (non-hydrogen) atoms. The Kier molecular flexibility index (Phi) is 6.67. The molecule has 0 saturated carbocycles. The minimum absolute atomic E-state index is 0.382. The van der Waals surface area contributed by atoms with Crippen LogP contribution in [0, 0.1) is 6.92 Å². The van der Waals surface area contributed by atoms with Gasteiger partial charge in [-0.15, -0.1) is 0 Å². The molecule has 0 atom stereocenters. The summed E-state index contributed by atoms with van der Waals surface area (Å²) in [6, 6.07) is 4.00. The molecule has 2 N–H and O–H groups in total. The third kappa shape index (κ3) is 5.09. The second-order valence-electron chi connectivity index (χ2n) is 4.85. The minimum Gasteiger partial charge on any atom is -0.491 e. The molecule has 0 spiro atoms. The van der Waals surface area contributed by atoms with Crippen molar-refractivity contribution in [2.45, 2.75) is 26.7 Å². The summed E-state index contributed by atoms with van der Waals surface area (Å²) >= 11 is 0. The van der Waals surface area contributed by atoms with E-state index < -0.39 is 0 Å². The SMILES string of the molecule is COCCOCCOc1cc(C)c(N)cc1C(C)C. The lowest BCUT2D eigenvalue weighted by atomic mass is 9.99. The molecular formula is C15H25NO3. The Bertz CT molecular complexity index is 391. The van der Waals surface area contributed by atoms with Crippen molar-refractivity contribution in [3.05, 3.63) is 23.3 Å². The quantitative estimate of drug-likeness (QED) is 0.581. The van der Waals surface area contributed by atoms with Crippen LogP contribution < -0.4 is 10.5 Å². The van der Waals surface area contributed by atoms with Crippen molar-refractivity contribution >= 4 is 5.69 Å². The highest BCUT2D eigenvalue weighted by molar-refractivity contribution is 5.55. The van der Waals surface area contributed by atoms with Gasteiger partial charge in [-0.1, -0.05) is 13.8 Å². The van der Waals surface area contributed by atoms with Crippen LogP contribution in [0.3, 0.4) is 0 Å². The molecule has 0 saturated heterocycles. The summed E-state index contributed by atoms with van der Waals surface area (Å²) in [7, 11) is 1.66. The number of methoxy groups -OCH3 is 1. The fourth-order valence-corrected chi connectivity index (χ4v) is 1.75. The van der Waals surface area contributed by atoms with Crippen molar-refractivity contribution in [3.8, 4) is 5.75 Å². The Labute approximate surface area is 115 Å². The average Bonchev–Trinajstić information content (AvgIpc) is 2.37. The van der Waals surface area contributed by atoms with Gasteiger partial charge in [0.1, 0.15) is 12.4 Å². The van der Waals surface area contributed by atoms with E-state index in [4.69, 9.17) is 19.9 Å². The Morgan fingerprint density at radius 2 is 1.79 bits per heavy atom. The van der Waals surface area contributed by atoms with Crippen LogP contribution >= 0.6 is 0 Å². The van der Waals surface area contributed by atoms with E-state index in [0.29, 0.717) is 32.3 Å². The molecule has 0 aliphatic carbocycles. The minimum atomic E-state index is 0.382. The van der Waals surface area contributed by atoms with Crippen molar-refractivity contribution < 1.29 is 14.2 Å². The molecule has 0 aromatic heterocycles. The number of hydrogen-bond donors (Lipinski definition) is 1. The van der Waals surface area contributed by atoms with Gasteiger partial charge in [0, 0.05) is 12.8 Å². The summed E-state index contributed by atoms with van der Waals surface area (Å²) in [5, 5.41) is 0. The van der Waals surface area contributed by atoms with E-state index in [-0.39, 0.29) is 0 Å². The molecule has 4 heteroatoms. The maximum Gasteiger partial charge on any atom is 0.123 e. The Balaban J connectivity index is 2.54. The van der Waals surface area contributed by atoms with Gasteiger partial charge in [-0.25, -0.2) is 0 Å². The van der Waals surface area contributed by atoms with E-state index in [1.165, 1.54) is 0 Å². The predicted molar refractivity (Wildman–Crippen MR) is 77.9 cm³/mol. The summed E-state index contributed by atoms with van der Waals surface area (Å²) < 4.78 is 16.1. The molecule has 0 bridgehead atoms. The number of aryl methyl sites for hydroxylation is 1. The molecule has 0 radical (unpaired) electrons. The molecule has 0 aliphatic heterocycles. The van der Waals surface area contributed by atoms with E-state index >= 15 is 0 Å². The predicted octanol–water partition coefficient (Wildman–Crippen LogP) is 2.74. The maximum atomic E-state index is 5.94. The Morgan fingerprint density at radius 3 is 2.42 bits per heavy atom. The van der Waals surface area contributed by atoms with Crippen LogP contribution in [0.5, 0.6) is 5.75 Å². The smallest absolute Gasteiger partial charge is 0.123 e. The fraction of sp³-hybridized carbons (Fsp3) is 0.600. The summed E-state index contributed by atoms with van der Waals surface area (Å²) in [5.41, 5.74) is 8.94. The average molecular weight is 267 g/mol. The maximum absolute atomic E-state index is 5.94. The van der Waals surface area contributed by atoms with E-state index in [1.807, 2.05) is 19.1 Å². The number of rotatable bonds is 8. The van der Waals surface area contributed by atoms with Crippen molar-refractivity contribution in [3.63, 3.8) is 0 Å². The first-order valence-electron chi connectivity index (χ1n) is 6.65. The first-order chi connectivity index (χ1) is 9.06. The molecule has 0 unspecified atom stereocenters. The summed E-state index contributed by atoms with van der Waals surface area (Å²) in [5.74, 6) is 1.28. The highest BCUT2D eigenvalue weighted by Crippen LogP contribution is 2.30. The van der Waals surface area contributed by atoms with Crippen LogP contribution in [0.25, 0.3) is 0 Å². The van der Waals surface area contributed by atoms with Gasteiger partial charge in [-0.05, 0) is 36.1 Å². The van der Waals surface area contributed by atoms with Crippen LogP contribution in [0.15, 0.2) is 12.1 Å². The van der Waals surface area contributed by atoms with Gasteiger partial charge >= 0.3 is 0 Å². The van der Waals surface area contributed by atoms with Gasteiger partial charge in [0.15, 0.2) is 0 Å². The highest BCUT2D eigenvalue weighted by atomic mass is 16.5. The van der Waals surface area contributed by atoms with Crippen LogP contribution in [0.2, 0.25) is 0 Å². The second-order valence-corrected chi connectivity index (χ2v) is 4.85. The first kappa shape index (κ1) is 15.8. The third-order valence-electron chi connectivity index (χ3n) is 2.94. The highest BCUT2D eigenvalue weighted by Gasteiger charge is 2.10. The molecule has 1 aromatic carbocycles. The van der Waals surface area contributed by atoms with Crippen LogP contribution in [0.4, 0.5) is 5.69 Å². The van der Waals surface area contributed by atoms with Gasteiger partial charge in [0.2, 0.25) is 0 Å². The zero-order valence-electron chi connectivity index (χ0n) is 12.4. The molecule has 1 rings (SSSR count). The molecule has 1 aromatic rings. The van der Waals surface area contributed by atoms with E-state index in [2.05, 4.69) is 13.8 Å². The van der Waals surface area contributed by atoms with Gasteiger partial charge in [-0.2, -0.15) is 0 Å². The van der Waals surface area contributed by atoms with Crippen LogP contribution in [0.1, 0.15) is 30.9 Å². The zero-order chi connectivity index (χ0) is 14.3. The van der Waals surface area contributed by atoms with Crippen molar-refractivity contribution in [2.75, 3.05) is 39.3 Å². The lowest BCUT2D eigenvalue weighted by Gasteiger charge is -2.16. The van der Waals surface area contributed by atoms with E-state index in [1.54, 1.807) is 7.11 Å². The van der Waals surface area contributed by atoms with Crippen LogP contribution in [-0.2, 0) is 9.47 Å². The number of anilines is 1. The first-order valence-corrected chi connectivity index (χ1v) is 6.65. The molecule has 108 valence electrons. The summed E-state index contributed by atoms with van der Waals surface area (Å²) in [4.78, 5) is 0. The Morgan fingerprint density at radius 1 is 1.11 bits per heavy atom. The van der Waals surface area contributed by atoms with Crippen LogP contribution in [-0.4, -0.2) is 33.5 Å². The molecule has 4 nitrogen and oxygen atoms in total. The third-order valence-corrected chi connectivity index (χ3v) is 2.94. The molecular weight excluding hydrogens is 242 g/mol. The molecule has 0 amide bonds. The summed E-state index contributed by atoms with van der Waals surface area (Å²) in [6.07, 6.45) is 0. The Hall–Kier alpha value is -1.26. The number of hydrogen-bond acceptors (Lipinski definition) is 4. The zero-order valence-corrected chi connectivity index (χ0v) is 12.4. The lowest BCUT2D eigenvalue weighted by Crippen LogP contribution is -2.11. The molecule has 0 fully saturated rings. The molecule has 0 aliphatic rings. The fourth-order valence-electron chi connectivity index (χ4n) is 1.75. The van der Waals surface area contributed by atoms with Crippen molar-refractivity contribution in [1.29, 1.82) is 0 Å². The number of ether oxygens (including phenoxy) is 3. The lowest BCUT2D eigenvalue weighted by molar-refractivity contribution is 0.0542. The number of nitrogens with two attached hydrogens (primary N) is 1. The standard InChI is InChI=1S/C15H25NO3/c1-11(2)13-10-14(16)12(3)9-15(13)19-8-7-18-6-5-17-4/h9-11H,5-8,16H2,1-4H3. The topological polar surface area (TPSA) is 53.7 Å². The van der Waals surface area contributed by atoms with Gasteiger partial charge in [0.05, 0.1) is 19.8 Å². The monoisotopic (exact) mass is 267 g/mol. The summed E-state index contributed by atoms with van der Waals surface area (Å²) in [6.45, 7) is 8.55. The number of nitrogen functional groups attached to an aromatic ring is 1.